The molecule has 0 saturated carbocycles. The molecule has 0 aromatic carbocycles. The molecular formula is C9H9N3O2. The zero-order valence-corrected chi connectivity index (χ0v) is 7.65. The lowest BCUT2D eigenvalue weighted by Gasteiger charge is -1.98. The summed E-state index contributed by atoms with van der Waals surface area (Å²) in [6.45, 7) is 2.13. The van der Waals surface area contributed by atoms with Gasteiger partial charge in [0, 0.05) is 12.4 Å². The van der Waals surface area contributed by atoms with E-state index in [1.165, 1.54) is 6.33 Å². The third-order valence-corrected chi connectivity index (χ3v) is 1.85. The summed E-state index contributed by atoms with van der Waals surface area (Å²) in [4.78, 5) is 22.1. The van der Waals surface area contributed by atoms with Crippen molar-refractivity contribution in [1.82, 2.24) is 15.0 Å². The minimum Gasteiger partial charge on any atom is -0.462 e. The van der Waals surface area contributed by atoms with Crippen LogP contribution in [0.4, 0.5) is 0 Å². The lowest BCUT2D eigenvalue weighted by molar-refractivity contribution is 0.0528. The topological polar surface area (TPSA) is 67.9 Å². The second-order valence-corrected chi connectivity index (χ2v) is 2.71. The Morgan fingerprint density at radius 3 is 3.29 bits per heavy atom. The Morgan fingerprint density at radius 2 is 2.50 bits per heavy atom. The Labute approximate surface area is 80.1 Å². The molecule has 0 aliphatic rings. The van der Waals surface area contributed by atoms with Crippen LogP contribution in [0.15, 0.2) is 18.7 Å². The molecule has 0 spiro atoms. The van der Waals surface area contributed by atoms with Crippen LogP contribution in [-0.2, 0) is 4.74 Å². The van der Waals surface area contributed by atoms with Crippen molar-refractivity contribution in [2.75, 3.05) is 6.61 Å². The first-order valence-corrected chi connectivity index (χ1v) is 4.27. The molecule has 5 heteroatoms. The summed E-state index contributed by atoms with van der Waals surface area (Å²) in [6.07, 6.45) is 4.59. The zero-order chi connectivity index (χ0) is 9.97. The number of aromatic amines is 1. The van der Waals surface area contributed by atoms with Gasteiger partial charge in [-0.1, -0.05) is 0 Å². The van der Waals surface area contributed by atoms with E-state index < -0.39 is 0 Å². The van der Waals surface area contributed by atoms with Gasteiger partial charge >= 0.3 is 5.97 Å². The van der Waals surface area contributed by atoms with E-state index in [-0.39, 0.29) is 5.97 Å². The summed E-state index contributed by atoms with van der Waals surface area (Å²) in [6, 6.07) is 0. The molecule has 72 valence electrons. The van der Waals surface area contributed by atoms with E-state index in [4.69, 9.17) is 4.74 Å². The highest BCUT2D eigenvalue weighted by molar-refractivity contribution is 6.02. The molecular weight excluding hydrogens is 182 g/mol. The summed E-state index contributed by atoms with van der Waals surface area (Å²) < 4.78 is 4.88. The molecule has 2 aromatic heterocycles. The van der Waals surface area contributed by atoms with Gasteiger partial charge in [0.05, 0.1) is 17.6 Å². The van der Waals surface area contributed by atoms with E-state index in [1.807, 2.05) is 0 Å². The fourth-order valence-corrected chi connectivity index (χ4v) is 1.24. The quantitative estimate of drug-likeness (QED) is 0.722. The van der Waals surface area contributed by atoms with Gasteiger partial charge in [-0.05, 0) is 6.92 Å². The van der Waals surface area contributed by atoms with Crippen LogP contribution in [0.3, 0.4) is 0 Å². The monoisotopic (exact) mass is 191 g/mol. The van der Waals surface area contributed by atoms with Crippen molar-refractivity contribution in [3.8, 4) is 0 Å². The number of carbonyl (C=O) groups excluding carboxylic acids is 1. The predicted octanol–water partition coefficient (Wildman–Crippen LogP) is 1.13. The van der Waals surface area contributed by atoms with Gasteiger partial charge in [-0.2, -0.15) is 0 Å². The van der Waals surface area contributed by atoms with Crippen LogP contribution < -0.4 is 0 Å². The number of esters is 1. The summed E-state index contributed by atoms with van der Waals surface area (Å²) in [7, 11) is 0. The first-order chi connectivity index (χ1) is 6.83. The maximum atomic E-state index is 11.4. The van der Waals surface area contributed by atoms with Gasteiger partial charge in [0.15, 0.2) is 0 Å². The number of rotatable bonds is 2. The van der Waals surface area contributed by atoms with Crippen molar-refractivity contribution in [2.45, 2.75) is 6.92 Å². The molecule has 0 amide bonds. The molecule has 2 heterocycles. The van der Waals surface area contributed by atoms with Crippen LogP contribution in [0.25, 0.3) is 11.0 Å². The van der Waals surface area contributed by atoms with Crippen molar-refractivity contribution in [3.05, 3.63) is 24.3 Å². The van der Waals surface area contributed by atoms with Crippen molar-refractivity contribution < 1.29 is 9.53 Å². The molecule has 5 nitrogen and oxygen atoms in total. The van der Waals surface area contributed by atoms with Gasteiger partial charge in [0.2, 0.25) is 0 Å². The minimum atomic E-state index is -0.353. The van der Waals surface area contributed by atoms with Crippen molar-refractivity contribution >= 4 is 17.0 Å². The number of ether oxygens (including phenoxy) is 1. The van der Waals surface area contributed by atoms with Crippen LogP contribution in [0.1, 0.15) is 17.3 Å². The number of aromatic nitrogens is 3. The van der Waals surface area contributed by atoms with Crippen LogP contribution in [-0.4, -0.2) is 27.5 Å². The standard InChI is InChI=1S/C9H9N3O2/c1-2-14-9(13)7-4-11-8-6(7)3-10-5-12-8/h3-5H,2H2,1H3,(H,10,11,12). The smallest absolute Gasteiger partial charge is 0.340 e. The van der Waals surface area contributed by atoms with Crippen LogP contribution in [0.5, 0.6) is 0 Å². The third-order valence-electron chi connectivity index (χ3n) is 1.85. The van der Waals surface area contributed by atoms with Crippen molar-refractivity contribution in [2.24, 2.45) is 0 Å². The molecule has 0 aliphatic heterocycles. The molecule has 0 saturated heterocycles. The van der Waals surface area contributed by atoms with Gasteiger partial charge in [-0.15, -0.1) is 0 Å². The Hall–Kier alpha value is -1.91. The number of fused-ring (bicyclic) bond motifs is 1. The highest BCUT2D eigenvalue weighted by Crippen LogP contribution is 2.15. The Bertz CT molecular complexity index is 464. The van der Waals surface area contributed by atoms with Crippen molar-refractivity contribution in [1.29, 1.82) is 0 Å². The average Bonchev–Trinajstić information content (AvgIpc) is 2.61. The van der Waals surface area contributed by atoms with Crippen LogP contribution >= 0.6 is 0 Å². The van der Waals surface area contributed by atoms with E-state index in [0.29, 0.717) is 23.2 Å². The van der Waals surface area contributed by atoms with Crippen LogP contribution in [0.2, 0.25) is 0 Å². The summed E-state index contributed by atoms with van der Waals surface area (Å²) in [5.41, 5.74) is 1.12. The maximum absolute atomic E-state index is 11.4. The zero-order valence-electron chi connectivity index (χ0n) is 7.65. The fraction of sp³-hybridized carbons (Fsp3) is 0.222. The van der Waals surface area contributed by atoms with E-state index in [2.05, 4.69) is 15.0 Å². The summed E-state index contributed by atoms with van der Waals surface area (Å²) in [5.74, 6) is -0.353. The number of hydrogen-bond acceptors (Lipinski definition) is 4. The predicted molar refractivity (Wildman–Crippen MR) is 49.8 cm³/mol. The van der Waals surface area contributed by atoms with E-state index in [0.717, 1.165) is 0 Å². The maximum Gasteiger partial charge on any atom is 0.340 e. The first kappa shape index (κ1) is 8.68. The van der Waals surface area contributed by atoms with Gasteiger partial charge in [-0.25, -0.2) is 14.8 Å². The van der Waals surface area contributed by atoms with Gasteiger partial charge < -0.3 is 9.72 Å². The minimum absolute atomic E-state index is 0.353. The van der Waals surface area contributed by atoms with Crippen molar-refractivity contribution in [3.63, 3.8) is 0 Å². The normalized spacial score (nSPS) is 10.4. The van der Waals surface area contributed by atoms with Gasteiger partial charge in [0.1, 0.15) is 12.0 Å². The number of nitrogens with zero attached hydrogens (tertiary/aromatic N) is 2. The molecule has 0 unspecified atom stereocenters. The Kier molecular flexibility index (Phi) is 2.14. The molecule has 2 aromatic rings. The molecule has 0 atom stereocenters. The first-order valence-electron chi connectivity index (χ1n) is 4.27. The molecule has 0 bridgehead atoms. The lowest BCUT2D eigenvalue weighted by atomic mass is 10.2. The highest BCUT2D eigenvalue weighted by Gasteiger charge is 2.12. The molecule has 0 fully saturated rings. The molecule has 2 rings (SSSR count). The largest absolute Gasteiger partial charge is 0.462 e. The summed E-state index contributed by atoms with van der Waals surface area (Å²) in [5, 5.41) is 0.686. The highest BCUT2D eigenvalue weighted by atomic mass is 16.5. The van der Waals surface area contributed by atoms with Crippen LogP contribution in [0, 0.1) is 0 Å². The number of hydrogen-bond donors (Lipinski definition) is 1. The lowest BCUT2D eigenvalue weighted by Crippen LogP contribution is -2.03. The molecule has 0 radical (unpaired) electrons. The Morgan fingerprint density at radius 1 is 1.64 bits per heavy atom. The van der Waals surface area contributed by atoms with E-state index >= 15 is 0 Å². The number of nitrogens with one attached hydrogen (secondary N) is 1. The molecule has 0 aliphatic carbocycles. The van der Waals surface area contributed by atoms with Gasteiger partial charge in [0.25, 0.3) is 0 Å². The van der Waals surface area contributed by atoms with Gasteiger partial charge in [-0.3, -0.25) is 0 Å². The molecule has 14 heavy (non-hydrogen) atoms. The number of carbonyl (C=O) groups is 1. The average molecular weight is 191 g/mol. The van der Waals surface area contributed by atoms with E-state index in [1.54, 1.807) is 19.3 Å². The Balaban J connectivity index is 2.47. The SMILES string of the molecule is CCOC(=O)c1c[nH]c2ncncc12. The second kappa shape index (κ2) is 3.45. The van der Waals surface area contributed by atoms with E-state index in [9.17, 15) is 4.79 Å². The fourth-order valence-electron chi connectivity index (χ4n) is 1.24. The third kappa shape index (κ3) is 1.32. The molecule has 1 N–H and O–H groups in total. The summed E-state index contributed by atoms with van der Waals surface area (Å²) >= 11 is 0. The number of H-pyrrole nitrogens is 1. The second-order valence-electron chi connectivity index (χ2n) is 2.71.